The Labute approximate surface area is 92.1 Å². The third kappa shape index (κ3) is 2.00. The zero-order valence-corrected chi connectivity index (χ0v) is 9.80. The quantitative estimate of drug-likeness (QED) is 0.790. The number of hydrogen-bond donors (Lipinski definition) is 2. The lowest BCUT2D eigenvalue weighted by Gasteiger charge is -2.16. The molecule has 2 unspecified atom stereocenters. The van der Waals surface area contributed by atoms with Crippen LogP contribution < -0.4 is 10.6 Å². The van der Waals surface area contributed by atoms with Gasteiger partial charge in [-0.2, -0.15) is 0 Å². The van der Waals surface area contributed by atoms with Crippen molar-refractivity contribution < 1.29 is 0 Å². The molecule has 2 nitrogen and oxygen atoms in total. The molecular weight excluding hydrogens is 184 g/mol. The first-order valence-electron chi connectivity index (χ1n) is 5.80. The number of rotatable bonds is 3. The van der Waals surface area contributed by atoms with Crippen LogP contribution in [0, 0.1) is 6.92 Å². The van der Waals surface area contributed by atoms with Gasteiger partial charge in [-0.05, 0) is 32.0 Å². The molecular formula is C13H20N2. The fraction of sp³-hybridized carbons (Fsp3) is 0.538. The maximum Gasteiger partial charge on any atom is 0.0379 e. The Morgan fingerprint density at radius 1 is 1.40 bits per heavy atom. The monoisotopic (exact) mass is 204 g/mol. The van der Waals surface area contributed by atoms with Crippen LogP contribution in [0.5, 0.6) is 0 Å². The topological polar surface area (TPSA) is 24.1 Å². The molecule has 0 saturated carbocycles. The first-order chi connectivity index (χ1) is 7.22. The molecule has 2 rings (SSSR count). The van der Waals surface area contributed by atoms with Crippen molar-refractivity contribution in [2.24, 2.45) is 0 Å². The highest BCUT2D eigenvalue weighted by Gasteiger charge is 2.28. The molecule has 1 aliphatic rings. The Balaban J connectivity index is 2.23. The summed E-state index contributed by atoms with van der Waals surface area (Å²) in [6.07, 6.45) is 0. The minimum Gasteiger partial charge on any atom is -0.382 e. The molecule has 2 N–H and O–H groups in total. The molecule has 0 spiro atoms. The summed E-state index contributed by atoms with van der Waals surface area (Å²) in [6.45, 7) is 8.70. The van der Waals surface area contributed by atoms with Gasteiger partial charge in [-0.1, -0.05) is 24.6 Å². The molecule has 0 saturated heterocycles. The first-order valence-corrected chi connectivity index (χ1v) is 5.80. The van der Waals surface area contributed by atoms with Gasteiger partial charge in [0, 0.05) is 24.2 Å². The van der Waals surface area contributed by atoms with Gasteiger partial charge in [0.05, 0.1) is 0 Å². The summed E-state index contributed by atoms with van der Waals surface area (Å²) in [5.74, 6) is 0.611. The number of benzene rings is 1. The van der Waals surface area contributed by atoms with Gasteiger partial charge in [0.1, 0.15) is 0 Å². The van der Waals surface area contributed by atoms with Gasteiger partial charge in [0.2, 0.25) is 0 Å². The van der Waals surface area contributed by atoms with Crippen LogP contribution in [0.3, 0.4) is 0 Å². The lowest BCUT2D eigenvalue weighted by molar-refractivity contribution is 0.566. The zero-order chi connectivity index (χ0) is 10.8. The minimum absolute atomic E-state index is 0.542. The van der Waals surface area contributed by atoms with Crippen LogP contribution in [0.15, 0.2) is 18.2 Å². The SMILES string of the molecule is CCNCC1c2cc(C)ccc2NC1C. The lowest BCUT2D eigenvalue weighted by atomic mass is 9.95. The van der Waals surface area contributed by atoms with Gasteiger partial charge in [-0.25, -0.2) is 0 Å². The number of fused-ring (bicyclic) bond motifs is 1. The summed E-state index contributed by atoms with van der Waals surface area (Å²) >= 11 is 0. The molecule has 2 heteroatoms. The van der Waals surface area contributed by atoms with Gasteiger partial charge in [-0.15, -0.1) is 0 Å². The van der Waals surface area contributed by atoms with Gasteiger partial charge >= 0.3 is 0 Å². The largest absolute Gasteiger partial charge is 0.382 e. The van der Waals surface area contributed by atoms with Gasteiger partial charge in [0.15, 0.2) is 0 Å². The van der Waals surface area contributed by atoms with Crippen molar-refractivity contribution in [3.63, 3.8) is 0 Å². The second-order valence-electron chi connectivity index (χ2n) is 4.44. The molecule has 15 heavy (non-hydrogen) atoms. The molecule has 0 fully saturated rings. The predicted octanol–water partition coefficient (Wildman–Crippen LogP) is 2.50. The highest BCUT2D eigenvalue weighted by molar-refractivity contribution is 5.60. The van der Waals surface area contributed by atoms with E-state index in [1.807, 2.05) is 0 Å². The predicted molar refractivity (Wildman–Crippen MR) is 65.5 cm³/mol. The van der Waals surface area contributed by atoms with Crippen molar-refractivity contribution in [1.29, 1.82) is 0 Å². The summed E-state index contributed by atoms with van der Waals surface area (Å²) < 4.78 is 0. The Bertz CT molecular complexity index is 346. The highest BCUT2D eigenvalue weighted by Crippen LogP contribution is 2.35. The van der Waals surface area contributed by atoms with E-state index in [0.717, 1.165) is 13.1 Å². The average molecular weight is 204 g/mol. The van der Waals surface area contributed by atoms with E-state index < -0.39 is 0 Å². The molecule has 1 aromatic carbocycles. The van der Waals surface area contributed by atoms with Crippen molar-refractivity contribution in [3.8, 4) is 0 Å². The summed E-state index contributed by atoms with van der Waals surface area (Å²) in [5, 5.41) is 6.98. The molecule has 0 aromatic heterocycles. The Hall–Kier alpha value is -1.02. The normalized spacial score (nSPS) is 23.7. The van der Waals surface area contributed by atoms with E-state index in [0.29, 0.717) is 12.0 Å². The fourth-order valence-corrected chi connectivity index (χ4v) is 2.32. The van der Waals surface area contributed by atoms with Gasteiger partial charge in [0.25, 0.3) is 0 Å². The van der Waals surface area contributed by atoms with E-state index in [1.54, 1.807) is 0 Å². The molecule has 1 aliphatic heterocycles. The van der Waals surface area contributed by atoms with E-state index >= 15 is 0 Å². The van der Waals surface area contributed by atoms with Crippen LogP contribution in [0.2, 0.25) is 0 Å². The molecule has 2 atom stereocenters. The van der Waals surface area contributed by atoms with E-state index in [9.17, 15) is 0 Å². The molecule has 1 aromatic rings. The van der Waals surface area contributed by atoms with Gasteiger partial charge in [-0.3, -0.25) is 0 Å². The van der Waals surface area contributed by atoms with Crippen LogP contribution in [0.1, 0.15) is 30.9 Å². The van der Waals surface area contributed by atoms with Crippen molar-refractivity contribution in [2.75, 3.05) is 18.4 Å². The third-order valence-corrected chi connectivity index (χ3v) is 3.21. The van der Waals surface area contributed by atoms with E-state index in [4.69, 9.17) is 0 Å². The number of aryl methyl sites for hydroxylation is 1. The Kier molecular flexibility index (Phi) is 2.96. The molecule has 1 heterocycles. The zero-order valence-electron chi connectivity index (χ0n) is 9.80. The maximum absolute atomic E-state index is 3.54. The van der Waals surface area contributed by atoms with E-state index in [1.165, 1.54) is 16.8 Å². The standard InChI is InChI=1S/C13H20N2/c1-4-14-8-12-10(3)15-13-6-5-9(2)7-11(12)13/h5-7,10,12,14-15H,4,8H2,1-3H3. The summed E-state index contributed by atoms with van der Waals surface area (Å²) in [5.41, 5.74) is 4.14. The number of nitrogens with one attached hydrogen (secondary N) is 2. The summed E-state index contributed by atoms with van der Waals surface area (Å²) in [7, 11) is 0. The van der Waals surface area contributed by atoms with Crippen LogP contribution in [-0.4, -0.2) is 19.1 Å². The van der Waals surface area contributed by atoms with Crippen LogP contribution in [0.4, 0.5) is 5.69 Å². The van der Waals surface area contributed by atoms with Crippen molar-refractivity contribution in [3.05, 3.63) is 29.3 Å². The molecule has 0 bridgehead atoms. The van der Waals surface area contributed by atoms with Crippen LogP contribution in [0.25, 0.3) is 0 Å². The average Bonchev–Trinajstić information content (AvgIpc) is 2.51. The second kappa shape index (κ2) is 4.23. The smallest absolute Gasteiger partial charge is 0.0379 e. The molecule has 0 aliphatic carbocycles. The maximum atomic E-state index is 3.54. The van der Waals surface area contributed by atoms with E-state index in [2.05, 4.69) is 49.6 Å². The number of likely N-dealkylation sites (N-methyl/N-ethyl adjacent to an activating group) is 1. The fourth-order valence-electron chi connectivity index (χ4n) is 2.32. The van der Waals surface area contributed by atoms with Crippen LogP contribution >= 0.6 is 0 Å². The van der Waals surface area contributed by atoms with Crippen molar-refractivity contribution >= 4 is 5.69 Å². The molecule has 82 valence electrons. The number of anilines is 1. The minimum atomic E-state index is 0.542. The Morgan fingerprint density at radius 2 is 2.20 bits per heavy atom. The van der Waals surface area contributed by atoms with Crippen LogP contribution in [-0.2, 0) is 0 Å². The summed E-state index contributed by atoms with van der Waals surface area (Å²) in [4.78, 5) is 0. The summed E-state index contributed by atoms with van der Waals surface area (Å²) in [6, 6.07) is 7.23. The van der Waals surface area contributed by atoms with Gasteiger partial charge < -0.3 is 10.6 Å². The second-order valence-corrected chi connectivity index (χ2v) is 4.44. The first kappa shape index (κ1) is 10.5. The Morgan fingerprint density at radius 3 is 2.93 bits per heavy atom. The van der Waals surface area contributed by atoms with Crippen molar-refractivity contribution in [1.82, 2.24) is 5.32 Å². The highest BCUT2D eigenvalue weighted by atomic mass is 15.0. The molecule has 0 radical (unpaired) electrons. The number of hydrogen-bond acceptors (Lipinski definition) is 2. The van der Waals surface area contributed by atoms with E-state index in [-0.39, 0.29) is 0 Å². The molecule has 0 amide bonds. The lowest BCUT2D eigenvalue weighted by Crippen LogP contribution is -2.27. The third-order valence-electron chi connectivity index (χ3n) is 3.21. The van der Waals surface area contributed by atoms with Crippen molar-refractivity contribution in [2.45, 2.75) is 32.7 Å².